The monoisotopic (exact) mass is 370 g/mol. The van der Waals surface area contributed by atoms with Crippen molar-refractivity contribution in [2.75, 3.05) is 24.5 Å². The molecule has 2 atom stereocenters. The number of nitrogens with zero attached hydrogens (tertiary/aromatic N) is 2. The number of benzene rings is 1. The molecule has 1 aromatic carbocycles. The number of amides is 2. The largest absolute Gasteiger partial charge is 0.481 e. The first-order valence-electron chi connectivity index (χ1n) is 8.14. The summed E-state index contributed by atoms with van der Waals surface area (Å²) < 4.78 is 39.2. The van der Waals surface area contributed by atoms with Crippen LogP contribution >= 0.6 is 0 Å². The number of carboxylic acid groups (broad SMARTS) is 1. The summed E-state index contributed by atoms with van der Waals surface area (Å²) >= 11 is 0. The third-order valence-electron chi connectivity index (χ3n) is 4.90. The molecule has 0 bridgehead atoms. The number of carbonyl (C=O) groups is 3. The fraction of sp³-hybridized carbons (Fsp3) is 0.471. The van der Waals surface area contributed by atoms with Gasteiger partial charge in [0.2, 0.25) is 11.8 Å². The summed E-state index contributed by atoms with van der Waals surface area (Å²) in [4.78, 5) is 37.9. The molecule has 1 aromatic rings. The quantitative estimate of drug-likeness (QED) is 0.878. The number of hydrogen-bond donors (Lipinski definition) is 1. The number of para-hydroxylation sites is 1. The molecule has 2 aliphatic rings. The Hall–Kier alpha value is -2.58. The average Bonchev–Trinajstić information content (AvgIpc) is 3.03. The number of fused-ring (bicyclic) bond motifs is 1. The molecule has 0 spiro atoms. The molecule has 0 aromatic heterocycles. The Balaban J connectivity index is 1.77. The van der Waals surface area contributed by atoms with Crippen LogP contribution in [0.3, 0.4) is 0 Å². The van der Waals surface area contributed by atoms with Crippen molar-refractivity contribution in [2.24, 2.45) is 11.8 Å². The Labute approximate surface area is 147 Å². The van der Waals surface area contributed by atoms with Gasteiger partial charge in [-0.25, -0.2) is 0 Å². The van der Waals surface area contributed by atoms with Crippen LogP contribution in [0.25, 0.3) is 0 Å². The van der Waals surface area contributed by atoms with Crippen LogP contribution in [-0.2, 0) is 20.8 Å². The first kappa shape index (κ1) is 18.2. The molecule has 0 aliphatic carbocycles. The predicted molar refractivity (Wildman–Crippen MR) is 84.4 cm³/mol. The third kappa shape index (κ3) is 3.38. The van der Waals surface area contributed by atoms with E-state index in [1.807, 2.05) is 6.07 Å². The first-order chi connectivity index (χ1) is 12.2. The van der Waals surface area contributed by atoms with Gasteiger partial charge in [-0.3, -0.25) is 14.4 Å². The van der Waals surface area contributed by atoms with E-state index in [2.05, 4.69) is 0 Å². The minimum atomic E-state index is -4.70. The van der Waals surface area contributed by atoms with Crippen LogP contribution in [0.4, 0.5) is 18.9 Å². The Morgan fingerprint density at radius 2 is 1.85 bits per heavy atom. The Morgan fingerprint density at radius 3 is 2.46 bits per heavy atom. The van der Waals surface area contributed by atoms with E-state index in [4.69, 9.17) is 5.11 Å². The standard InChI is InChI=1S/C17H17F3N2O4/c18-17(19,20)12-8-21(7-11(12)16(25)26)15(24)9-22-13-4-2-1-3-10(13)5-6-14(22)23/h1-4,11-12H,5-9H2,(H,25,26)/t11-,12-/m1/s1. The normalized spacial score (nSPS) is 23.1. The molecular weight excluding hydrogens is 353 g/mol. The zero-order valence-electron chi connectivity index (χ0n) is 13.7. The summed E-state index contributed by atoms with van der Waals surface area (Å²) in [5, 5.41) is 9.04. The second kappa shape index (κ2) is 6.62. The van der Waals surface area contributed by atoms with E-state index in [-0.39, 0.29) is 12.3 Å². The summed E-state index contributed by atoms with van der Waals surface area (Å²) in [6.07, 6.45) is -3.94. The van der Waals surface area contributed by atoms with Crippen LogP contribution in [-0.4, -0.2) is 53.6 Å². The van der Waals surface area contributed by atoms with E-state index in [0.717, 1.165) is 10.5 Å². The fourth-order valence-electron chi connectivity index (χ4n) is 3.49. The van der Waals surface area contributed by atoms with Gasteiger partial charge in [0.05, 0.1) is 11.8 Å². The number of anilines is 1. The summed E-state index contributed by atoms with van der Waals surface area (Å²) in [6, 6.07) is 7.03. The SMILES string of the molecule is O=C(O)[C@@H]1CN(C(=O)CN2C(=O)CCc3ccccc32)C[C@H]1C(F)(F)F. The van der Waals surface area contributed by atoms with Crippen LogP contribution in [0, 0.1) is 11.8 Å². The predicted octanol–water partition coefficient (Wildman–Crippen LogP) is 1.69. The summed E-state index contributed by atoms with van der Waals surface area (Å²) in [7, 11) is 0. The lowest BCUT2D eigenvalue weighted by Gasteiger charge is -2.30. The molecule has 1 fully saturated rings. The van der Waals surface area contributed by atoms with Gasteiger partial charge in [-0.15, -0.1) is 0 Å². The molecule has 140 valence electrons. The van der Waals surface area contributed by atoms with Crippen LogP contribution in [0.1, 0.15) is 12.0 Å². The summed E-state index contributed by atoms with van der Waals surface area (Å²) in [5.74, 6) is -6.34. The fourth-order valence-corrected chi connectivity index (χ4v) is 3.49. The Kier molecular flexibility index (Phi) is 4.64. The molecule has 26 heavy (non-hydrogen) atoms. The van der Waals surface area contributed by atoms with Gasteiger partial charge in [0, 0.05) is 25.2 Å². The molecule has 0 unspecified atom stereocenters. The van der Waals surface area contributed by atoms with E-state index in [1.54, 1.807) is 18.2 Å². The second-order valence-electron chi connectivity index (χ2n) is 6.50. The first-order valence-corrected chi connectivity index (χ1v) is 8.14. The van der Waals surface area contributed by atoms with Gasteiger partial charge in [0.25, 0.3) is 0 Å². The highest BCUT2D eigenvalue weighted by Gasteiger charge is 2.53. The van der Waals surface area contributed by atoms with Crippen molar-refractivity contribution in [3.05, 3.63) is 29.8 Å². The zero-order valence-corrected chi connectivity index (χ0v) is 13.7. The maximum Gasteiger partial charge on any atom is 0.394 e. The molecular formula is C17H17F3N2O4. The highest BCUT2D eigenvalue weighted by atomic mass is 19.4. The number of rotatable bonds is 3. The lowest BCUT2D eigenvalue weighted by Crippen LogP contribution is -2.44. The van der Waals surface area contributed by atoms with Crippen molar-refractivity contribution in [1.82, 2.24) is 4.90 Å². The zero-order chi connectivity index (χ0) is 19.1. The topological polar surface area (TPSA) is 77.9 Å². The lowest BCUT2D eigenvalue weighted by molar-refractivity contribution is -0.188. The highest BCUT2D eigenvalue weighted by molar-refractivity contribution is 6.01. The highest BCUT2D eigenvalue weighted by Crippen LogP contribution is 2.38. The van der Waals surface area contributed by atoms with Gasteiger partial charge in [0.1, 0.15) is 6.54 Å². The molecule has 6 nitrogen and oxygen atoms in total. The van der Waals surface area contributed by atoms with E-state index < -0.39 is 49.5 Å². The molecule has 1 saturated heterocycles. The Morgan fingerprint density at radius 1 is 1.15 bits per heavy atom. The van der Waals surface area contributed by atoms with E-state index in [9.17, 15) is 27.6 Å². The maximum atomic E-state index is 13.1. The molecule has 3 rings (SSSR count). The van der Waals surface area contributed by atoms with Crippen molar-refractivity contribution < 1.29 is 32.7 Å². The van der Waals surface area contributed by atoms with E-state index in [1.165, 1.54) is 4.90 Å². The van der Waals surface area contributed by atoms with Crippen molar-refractivity contribution in [3.8, 4) is 0 Å². The minimum absolute atomic E-state index is 0.215. The number of carboxylic acids is 1. The van der Waals surface area contributed by atoms with Gasteiger partial charge in [0.15, 0.2) is 0 Å². The lowest BCUT2D eigenvalue weighted by atomic mass is 9.96. The molecule has 2 aliphatic heterocycles. The molecule has 2 amide bonds. The van der Waals surface area contributed by atoms with Gasteiger partial charge in [-0.05, 0) is 18.1 Å². The number of aryl methyl sites for hydroxylation is 1. The van der Waals surface area contributed by atoms with Gasteiger partial charge >= 0.3 is 12.1 Å². The molecule has 0 radical (unpaired) electrons. The van der Waals surface area contributed by atoms with Crippen molar-refractivity contribution >= 4 is 23.5 Å². The summed E-state index contributed by atoms with van der Waals surface area (Å²) in [5.41, 5.74) is 1.45. The van der Waals surface area contributed by atoms with Gasteiger partial charge in [-0.2, -0.15) is 13.2 Å². The van der Waals surface area contributed by atoms with Gasteiger partial charge < -0.3 is 14.9 Å². The second-order valence-corrected chi connectivity index (χ2v) is 6.50. The number of hydrogen-bond acceptors (Lipinski definition) is 3. The average molecular weight is 370 g/mol. The smallest absolute Gasteiger partial charge is 0.394 e. The minimum Gasteiger partial charge on any atom is -0.481 e. The molecule has 2 heterocycles. The number of alkyl halides is 3. The molecule has 9 heteroatoms. The van der Waals surface area contributed by atoms with Crippen LogP contribution in [0.15, 0.2) is 24.3 Å². The van der Waals surface area contributed by atoms with Crippen molar-refractivity contribution in [1.29, 1.82) is 0 Å². The van der Waals surface area contributed by atoms with Crippen LogP contribution in [0.2, 0.25) is 0 Å². The summed E-state index contributed by atoms with van der Waals surface area (Å²) in [6.45, 7) is -1.61. The van der Waals surface area contributed by atoms with Crippen molar-refractivity contribution in [2.45, 2.75) is 19.0 Å². The maximum absolute atomic E-state index is 13.1. The molecule has 0 saturated carbocycles. The van der Waals surface area contributed by atoms with Crippen molar-refractivity contribution in [3.63, 3.8) is 0 Å². The van der Waals surface area contributed by atoms with Crippen LogP contribution < -0.4 is 4.90 Å². The van der Waals surface area contributed by atoms with Crippen LogP contribution in [0.5, 0.6) is 0 Å². The third-order valence-corrected chi connectivity index (χ3v) is 4.90. The number of halogens is 3. The van der Waals surface area contributed by atoms with E-state index >= 15 is 0 Å². The number of aliphatic carboxylic acids is 1. The van der Waals surface area contributed by atoms with E-state index in [0.29, 0.717) is 12.1 Å². The van der Waals surface area contributed by atoms with Gasteiger partial charge in [-0.1, -0.05) is 18.2 Å². The Bertz CT molecular complexity index is 750. The molecule has 1 N–H and O–H groups in total. The number of likely N-dealkylation sites (tertiary alicyclic amines) is 1. The number of carbonyl (C=O) groups excluding carboxylic acids is 2.